The van der Waals surface area contributed by atoms with E-state index in [1.54, 1.807) is 0 Å². The van der Waals surface area contributed by atoms with Gasteiger partial charge in [-0.25, -0.2) is 0 Å². The number of aliphatic hydroxyl groups is 1. The molecule has 0 aliphatic carbocycles. The summed E-state index contributed by atoms with van der Waals surface area (Å²) in [5.41, 5.74) is 0. The Labute approximate surface area is 84.4 Å². The lowest BCUT2D eigenvalue weighted by molar-refractivity contribution is -0.349. The summed E-state index contributed by atoms with van der Waals surface area (Å²) in [5, 5.41) is 8.36. The first-order valence-electron chi connectivity index (χ1n) is 3.58. The van der Waals surface area contributed by atoms with Crippen molar-refractivity contribution in [3.05, 3.63) is 11.8 Å². The van der Waals surface area contributed by atoms with Gasteiger partial charge in [-0.15, -0.1) is 0 Å². The SMILES string of the molecule is CC(=O)/C=C(\O)C(F)(F)C(F)(F)C(F)(F)F. The van der Waals surface area contributed by atoms with Crippen LogP contribution in [0.5, 0.6) is 0 Å². The van der Waals surface area contributed by atoms with Crippen molar-refractivity contribution in [2.24, 2.45) is 0 Å². The standard InChI is InChI=1S/C7H5F7O2/c1-3(15)2-4(16)5(8,9)6(10,11)7(12,13)14/h2,16H,1H3/b4-2-. The summed E-state index contributed by atoms with van der Waals surface area (Å²) in [4.78, 5) is 10.2. The maximum Gasteiger partial charge on any atom is 0.460 e. The summed E-state index contributed by atoms with van der Waals surface area (Å²) in [6, 6.07) is 0. The molecule has 0 atom stereocenters. The Kier molecular flexibility index (Phi) is 3.63. The van der Waals surface area contributed by atoms with E-state index in [2.05, 4.69) is 0 Å². The molecule has 16 heavy (non-hydrogen) atoms. The summed E-state index contributed by atoms with van der Waals surface area (Å²) >= 11 is 0. The molecule has 0 fully saturated rings. The van der Waals surface area contributed by atoms with E-state index in [1.165, 1.54) is 0 Å². The van der Waals surface area contributed by atoms with Gasteiger partial charge in [-0.1, -0.05) is 0 Å². The van der Waals surface area contributed by atoms with Crippen molar-refractivity contribution < 1.29 is 40.6 Å². The molecule has 0 radical (unpaired) electrons. The fraction of sp³-hybridized carbons (Fsp3) is 0.571. The normalized spacial score (nSPS) is 15.1. The zero-order valence-corrected chi connectivity index (χ0v) is 7.58. The third kappa shape index (κ3) is 2.45. The zero-order valence-electron chi connectivity index (χ0n) is 7.58. The Morgan fingerprint density at radius 2 is 1.44 bits per heavy atom. The molecule has 0 bridgehead atoms. The van der Waals surface area contributed by atoms with Crippen molar-refractivity contribution in [2.75, 3.05) is 0 Å². The molecule has 0 heterocycles. The van der Waals surface area contributed by atoms with Crippen molar-refractivity contribution in [2.45, 2.75) is 24.9 Å². The lowest BCUT2D eigenvalue weighted by atomic mass is 10.1. The molecule has 0 aliphatic rings. The van der Waals surface area contributed by atoms with E-state index < -0.39 is 35.6 Å². The minimum absolute atomic E-state index is 0.403. The maximum atomic E-state index is 12.5. The van der Waals surface area contributed by atoms with Gasteiger partial charge in [0.1, 0.15) is 0 Å². The van der Waals surface area contributed by atoms with Crippen LogP contribution in [0.2, 0.25) is 0 Å². The molecule has 0 aromatic rings. The second-order valence-corrected chi connectivity index (χ2v) is 2.79. The minimum Gasteiger partial charge on any atom is -0.506 e. The summed E-state index contributed by atoms with van der Waals surface area (Å²) in [7, 11) is 0. The third-order valence-electron chi connectivity index (χ3n) is 1.41. The molecule has 0 saturated carbocycles. The van der Waals surface area contributed by atoms with Gasteiger partial charge in [0, 0.05) is 6.08 Å². The molecule has 0 aliphatic heterocycles. The van der Waals surface area contributed by atoms with Crippen LogP contribution in [0.15, 0.2) is 11.8 Å². The Morgan fingerprint density at radius 3 is 1.69 bits per heavy atom. The number of alkyl halides is 7. The summed E-state index contributed by atoms with van der Waals surface area (Å²) < 4.78 is 84.2. The number of rotatable bonds is 3. The van der Waals surface area contributed by atoms with Gasteiger partial charge in [-0.3, -0.25) is 4.79 Å². The summed E-state index contributed by atoms with van der Waals surface area (Å²) in [6.45, 7) is 0.595. The second-order valence-electron chi connectivity index (χ2n) is 2.79. The van der Waals surface area contributed by atoms with E-state index in [9.17, 15) is 35.5 Å². The van der Waals surface area contributed by atoms with Gasteiger partial charge in [0.2, 0.25) is 0 Å². The fourth-order valence-corrected chi connectivity index (χ4v) is 0.622. The highest BCUT2D eigenvalue weighted by Crippen LogP contribution is 2.49. The first-order chi connectivity index (χ1) is 6.84. The highest BCUT2D eigenvalue weighted by Gasteiger charge is 2.74. The molecule has 94 valence electrons. The van der Waals surface area contributed by atoms with Crippen LogP contribution >= 0.6 is 0 Å². The zero-order chi connectivity index (χ0) is 13.4. The number of aliphatic hydroxyl groups excluding tert-OH is 1. The Balaban J connectivity index is 5.44. The van der Waals surface area contributed by atoms with Crippen molar-refractivity contribution in [3.8, 4) is 0 Å². The summed E-state index contributed by atoms with van der Waals surface area (Å²) in [6.07, 6.45) is -6.95. The van der Waals surface area contributed by atoms with E-state index in [0.29, 0.717) is 6.92 Å². The number of allylic oxidation sites excluding steroid dienone is 2. The molecule has 2 nitrogen and oxygen atoms in total. The van der Waals surface area contributed by atoms with Gasteiger partial charge in [0.25, 0.3) is 0 Å². The van der Waals surface area contributed by atoms with E-state index >= 15 is 0 Å². The average Bonchev–Trinajstić information content (AvgIpc) is 2.00. The molecule has 0 aromatic heterocycles. The second kappa shape index (κ2) is 3.95. The minimum atomic E-state index is -6.55. The lowest BCUT2D eigenvalue weighted by Crippen LogP contribution is -2.53. The van der Waals surface area contributed by atoms with Crippen LogP contribution in [0.4, 0.5) is 30.7 Å². The molecule has 0 saturated heterocycles. The number of hydrogen-bond donors (Lipinski definition) is 1. The quantitative estimate of drug-likeness (QED) is 0.477. The van der Waals surface area contributed by atoms with Gasteiger partial charge < -0.3 is 5.11 Å². The Bertz CT molecular complexity index is 315. The number of hydrogen-bond acceptors (Lipinski definition) is 2. The molecule has 0 spiro atoms. The largest absolute Gasteiger partial charge is 0.506 e. The van der Waals surface area contributed by atoms with Crippen molar-refractivity contribution in [3.63, 3.8) is 0 Å². The molecule has 0 amide bonds. The van der Waals surface area contributed by atoms with Gasteiger partial charge in [-0.2, -0.15) is 30.7 Å². The van der Waals surface area contributed by atoms with Crippen LogP contribution in [-0.2, 0) is 4.79 Å². The molecule has 1 N–H and O–H groups in total. The highest BCUT2D eigenvalue weighted by atomic mass is 19.4. The Hall–Kier alpha value is -1.28. The van der Waals surface area contributed by atoms with Crippen molar-refractivity contribution in [1.82, 2.24) is 0 Å². The van der Waals surface area contributed by atoms with Gasteiger partial charge in [-0.05, 0) is 6.92 Å². The third-order valence-corrected chi connectivity index (χ3v) is 1.41. The number of carbonyl (C=O) groups is 1. The first kappa shape index (κ1) is 14.7. The van der Waals surface area contributed by atoms with E-state index in [4.69, 9.17) is 5.11 Å². The molecule has 9 heteroatoms. The van der Waals surface area contributed by atoms with Crippen molar-refractivity contribution in [1.29, 1.82) is 0 Å². The van der Waals surface area contributed by atoms with Gasteiger partial charge in [0.15, 0.2) is 11.5 Å². The van der Waals surface area contributed by atoms with Crippen LogP contribution < -0.4 is 0 Å². The number of carbonyl (C=O) groups excluding carboxylic acids is 1. The van der Waals surface area contributed by atoms with Crippen LogP contribution in [0, 0.1) is 0 Å². The lowest BCUT2D eigenvalue weighted by Gasteiger charge is -2.27. The van der Waals surface area contributed by atoms with E-state index in [1.807, 2.05) is 0 Å². The molecule has 0 aromatic carbocycles. The van der Waals surface area contributed by atoms with E-state index in [0.717, 1.165) is 0 Å². The van der Waals surface area contributed by atoms with Crippen LogP contribution in [0.1, 0.15) is 6.92 Å². The van der Waals surface area contributed by atoms with Crippen molar-refractivity contribution >= 4 is 5.78 Å². The Morgan fingerprint density at radius 1 is 1.06 bits per heavy atom. The molecular weight excluding hydrogens is 249 g/mol. The van der Waals surface area contributed by atoms with Crippen LogP contribution in [-0.4, -0.2) is 28.9 Å². The smallest absolute Gasteiger partial charge is 0.460 e. The monoisotopic (exact) mass is 254 g/mol. The molecule has 0 unspecified atom stereocenters. The predicted molar refractivity (Wildman–Crippen MR) is 37.3 cm³/mol. The van der Waals surface area contributed by atoms with E-state index in [-0.39, 0.29) is 0 Å². The molecular formula is C7H5F7O2. The number of ketones is 1. The highest BCUT2D eigenvalue weighted by molar-refractivity contribution is 5.87. The van der Waals surface area contributed by atoms with Gasteiger partial charge in [0.05, 0.1) is 0 Å². The van der Waals surface area contributed by atoms with Crippen LogP contribution in [0.25, 0.3) is 0 Å². The van der Waals surface area contributed by atoms with Crippen LogP contribution in [0.3, 0.4) is 0 Å². The predicted octanol–water partition coefficient (Wildman–Crippen LogP) is 2.85. The summed E-state index contributed by atoms with van der Waals surface area (Å²) in [5.74, 6) is -16.3. The number of halogens is 7. The molecule has 0 rings (SSSR count). The topological polar surface area (TPSA) is 37.3 Å². The maximum absolute atomic E-state index is 12.5. The fourth-order valence-electron chi connectivity index (χ4n) is 0.622. The first-order valence-corrected chi connectivity index (χ1v) is 3.58. The van der Waals surface area contributed by atoms with Gasteiger partial charge >= 0.3 is 18.0 Å². The average molecular weight is 254 g/mol.